The molecule has 10 heteroatoms. The Kier molecular flexibility index (Phi) is 5.74. The maximum Gasteiger partial charge on any atom is 0.433 e. The van der Waals surface area contributed by atoms with Crippen LogP contribution in [0, 0.1) is 6.92 Å². The first-order valence-electron chi connectivity index (χ1n) is 11.4. The first-order valence-corrected chi connectivity index (χ1v) is 11.4. The first kappa shape index (κ1) is 23.5. The van der Waals surface area contributed by atoms with Crippen LogP contribution in [0.15, 0.2) is 60.9 Å². The molecule has 7 nitrogen and oxygen atoms in total. The van der Waals surface area contributed by atoms with Gasteiger partial charge >= 0.3 is 6.18 Å². The van der Waals surface area contributed by atoms with Gasteiger partial charge in [0.1, 0.15) is 5.56 Å². The zero-order valence-corrected chi connectivity index (χ0v) is 19.9. The number of carbonyl (C=O) groups is 1. The molecule has 0 radical (unpaired) electrons. The van der Waals surface area contributed by atoms with Gasteiger partial charge in [-0.1, -0.05) is 42.5 Å². The number of hydrogen-bond donors (Lipinski definition) is 0. The van der Waals surface area contributed by atoms with Gasteiger partial charge < -0.3 is 4.90 Å². The van der Waals surface area contributed by atoms with Crippen LogP contribution in [0.5, 0.6) is 0 Å². The predicted octanol–water partition coefficient (Wildman–Crippen LogP) is 5.37. The molecule has 0 unspecified atom stereocenters. The van der Waals surface area contributed by atoms with Crippen molar-refractivity contribution >= 4 is 22.3 Å². The number of fused-ring (bicyclic) bond motifs is 2. The predicted molar refractivity (Wildman–Crippen MR) is 129 cm³/mol. The van der Waals surface area contributed by atoms with Crippen molar-refractivity contribution in [2.24, 2.45) is 0 Å². The minimum atomic E-state index is -4.70. The molecule has 0 aliphatic carbocycles. The maximum absolute atomic E-state index is 14.1. The zero-order valence-electron chi connectivity index (χ0n) is 19.9. The molecule has 184 valence electrons. The minimum Gasteiger partial charge on any atom is -0.337 e. The molecule has 5 rings (SSSR count). The molecule has 3 heterocycles. The highest BCUT2D eigenvalue weighted by Gasteiger charge is 2.36. The molecule has 36 heavy (non-hydrogen) atoms. The van der Waals surface area contributed by atoms with E-state index in [2.05, 4.69) is 15.2 Å². The van der Waals surface area contributed by atoms with E-state index in [0.717, 1.165) is 34.3 Å². The lowest BCUT2D eigenvalue weighted by Gasteiger charge is -2.17. The average Bonchev–Trinajstić information content (AvgIpc) is 3.45. The van der Waals surface area contributed by atoms with Crippen LogP contribution in [0.1, 0.15) is 34.2 Å². The fourth-order valence-electron chi connectivity index (χ4n) is 4.39. The number of halogens is 3. The van der Waals surface area contributed by atoms with Crippen molar-refractivity contribution in [3.63, 3.8) is 0 Å². The fourth-order valence-corrected chi connectivity index (χ4v) is 4.39. The third-order valence-electron chi connectivity index (χ3n) is 6.32. The molecule has 0 saturated carbocycles. The Labute approximate surface area is 204 Å². The standard InChI is InChI=1S/C26H23F3N6O/c1-4-34-16(2)18(13-30-34)15-33(3)25(36)21-14-31-35-23(26(27,28)29)12-22(32-24(21)35)20-11-7-9-17-8-5-6-10-19(17)20/h5-14H,4,15H2,1-3H3. The van der Waals surface area contributed by atoms with Crippen molar-refractivity contribution in [3.8, 4) is 11.3 Å². The Balaban J connectivity index is 1.63. The van der Waals surface area contributed by atoms with Crippen molar-refractivity contribution in [1.82, 2.24) is 29.3 Å². The summed E-state index contributed by atoms with van der Waals surface area (Å²) in [5.74, 6) is -0.482. The van der Waals surface area contributed by atoms with E-state index in [1.807, 2.05) is 48.9 Å². The quantitative estimate of drug-likeness (QED) is 0.331. The summed E-state index contributed by atoms with van der Waals surface area (Å²) in [6.45, 7) is 4.82. The lowest BCUT2D eigenvalue weighted by Crippen LogP contribution is -2.26. The van der Waals surface area contributed by atoms with Gasteiger partial charge in [0.05, 0.1) is 18.1 Å². The molecule has 0 atom stereocenters. The third-order valence-corrected chi connectivity index (χ3v) is 6.32. The largest absolute Gasteiger partial charge is 0.433 e. The van der Waals surface area contributed by atoms with Crippen molar-refractivity contribution in [2.45, 2.75) is 33.1 Å². The van der Waals surface area contributed by atoms with E-state index in [-0.39, 0.29) is 23.4 Å². The van der Waals surface area contributed by atoms with Gasteiger partial charge in [-0.2, -0.15) is 23.4 Å². The maximum atomic E-state index is 14.1. The summed E-state index contributed by atoms with van der Waals surface area (Å²) in [4.78, 5) is 19.3. The summed E-state index contributed by atoms with van der Waals surface area (Å²) in [6, 6.07) is 13.7. The zero-order chi connectivity index (χ0) is 25.6. The van der Waals surface area contributed by atoms with Crippen LogP contribution in [-0.2, 0) is 19.3 Å². The number of hydrogen-bond acceptors (Lipinski definition) is 4. The van der Waals surface area contributed by atoms with E-state index in [9.17, 15) is 18.0 Å². The highest BCUT2D eigenvalue weighted by molar-refractivity contribution is 6.00. The van der Waals surface area contributed by atoms with Crippen LogP contribution in [0.25, 0.3) is 27.7 Å². The van der Waals surface area contributed by atoms with Crippen molar-refractivity contribution in [1.29, 1.82) is 0 Å². The van der Waals surface area contributed by atoms with E-state index in [0.29, 0.717) is 16.6 Å². The lowest BCUT2D eigenvalue weighted by atomic mass is 10.0. The molecule has 1 amide bonds. The molecule has 5 aromatic rings. The van der Waals surface area contributed by atoms with Crippen LogP contribution in [-0.4, -0.2) is 42.2 Å². The number of alkyl halides is 3. The van der Waals surface area contributed by atoms with Gasteiger partial charge in [0.2, 0.25) is 0 Å². The van der Waals surface area contributed by atoms with Gasteiger partial charge in [-0.25, -0.2) is 9.50 Å². The van der Waals surface area contributed by atoms with Gasteiger partial charge in [0.25, 0.3) is 5.91 Å². The molecule has 0 N–H and O–H groups in total. The second kappa shape index (κ2) is 8.78. The molecule has 0 bridgehead atoms. The molecule has 0 aliphatic heterocycles. The molecule has 0 fully saturated rings. The van der Waals surface area contributed by atoms with Crippen LogP contribution < -0.4 is 0 Å². The Morgan fingerprint density at radius 2 is 1.81 bits per heavy atom. The summed E-state index contributed by atoms with van der Waals surface area (Å²) < 4.78 is 44.7. The van der Waals surface area contributed by atoms with Gasteiger partial charge in [-0.15, -0.1) is 0 Å². The van der Waals surface area contributed by atoms with E-state index < -0.39 is 17.8 Å². The SMILES string of the molecule is CCn1ncc(CN(C)C(=O)c2cnn3c(C(F)(F)F)cc(-c4cccc5ccccc45)nc23)c1C. The molecular formula is C26H23F3N6O. The number of benzene rings is 2. The van der Waals surface area contributed by atoms with E-state index in [1.54, 1.807) is 25.4 Å². The lowest BCUT2D eigenvalue weighted by molar-refractivity contribution is -0.142. The van der Waals surface area contributed by atoms with Crippen LogP contribution in [0.2, 0.25) is 0 Å². The summed E-state index contributed by atoms with van der Waals surface area (Å²) in [6.07, 6.45) is -1.87. The normalized spacial score (nSPS) is 11.9. The number of nitrogens with zero attached hydrogens (tertiary/aromatic N) is 6. The highest BCUT2D eigenvalue weighted by atomic mass is 19.4. The Morgan fingerprint density at radius 3 is 2.53 bits per heavy atom. The molecule has 0 saturated heterocycles. The summed E-state index contributed by atoms with van der Waals surface area (Å²) in [5.41, 5.74) is 1.27. The monoisotopic (exact) mass is 492 g/mol. The third kappa shape index (κ3) is 3.98. The first-order chi connectivity index (χ1) is 17.2. The number of aryl methyl sites for hydroxylation is 1. The fraction of sp³-hybridized carbons (Fsp3) is 0.231. The number of carbonyl (C=O) groups excluding carboxylic acids is 1. The second-order valence-corrected chi connectivity index (χ2v) is 8.58. The van der Waals surface area contributed by atoms with Crippen LogP contribution in [0.3, 0.4) is 0 Å². The Hall–Kier alpha value is -4.21. The molecule has 3 aromatic heterocycles. The highest BCUT2D eigenvalue weighted by Crippen LogP contribution is 2.35. The van der Waals surface area contributed by atoms with Crippen molar-refractivity contribution in [3.05, 3.63) is 83.4 Å². The average molecular weight is 493 g/mol. The van der Waals surface area contributed by atoms with E-state index in [4.69, 9.17) is 0 Å². The van der Waals surface area contributed by atoms with Gasteiger partial charge in [-0.05, 0) is 30.7 Å². The topological polar surface area (TPSA) is 68.3 Å². The molecule has 0 spiro atoms. The molecular weight excluding hydrogens is 469 g/mol. The molecule has 0 aliphatic rings. The summed E-state index contributed by atoms with van der Waals surface area (Å²) >= 11 is 0. The minimum absolute atomic E-state index is 0.00868. The van der Waals surface area contributed by atoms with Crippen LogP contribution in [0.4, 0.5) is 13.2 Å². The van der Waals surface area contributed by atoms with Crippen LogP contribution >= 0.6 is 0 Å². The van der Waals surface area contributed by atoms with E-state index in [1.165, 1.54) is 4.90 Å². The Morgan fingerprint density at radius 1 is 1.06 bits per heavy atom. The number of rotatable bonds is 5. The molecule has 2 aromatic carbocycles. The van der Waals surface area contributed by atoms with Crippen molar-refractivity contribution < 1.29 is 18.0 Å². The Bertz CT molecular complexity index is 1600. The summed E-state index contributed by atoms with van der Waals surface area (Å²) in [5, 5.41) is 9.83. The second-order valence-electron chi connectivity index (χ2n) is 8.58. The van der Waals surface area contributed by atoms with E-state index >= 15 is 0 Å². The van der Waals surface area contributed by atoms with Gasteiger partial charge in [0, 0.05) is 37.0 Å². The number of aromatic nitrogens is 5. The number of amides is 1. The summed E-state index contributed by atoms with van der Waals surface area (Å²) in [7, 11) is 1.59. The smallest absolute Gasteiger partial charge is 0.337 e. The van der Waals surface area contributed by atoms with Gasteiger partial charge in [-0.3, -0.25) is 9.48 Å². The van der Waals surface area contributed by atoms with Gasteiger partial charge in [0.15, 0.2) is 11.3 Å². The van der Waals surface area contributed by atoms with Crippen molar-refractivity contribution in [2.75, 3.05) is 7.05 Å².